The summed E-state index contributed by atoms with van der Waals surface area (Å²) < 4.78 is 0. The molecule has 1 atom stereocenters. The number of carbonyl (C=O) groups is 2. The van der Waals surface area contributed by atoms with E-state index in [0.29, 0.717) is 0 Å². The molecule has 0 saturated heterocycles. The van der Waals surface area contributed by atoms with E-state index in [1.54, 1.807) is 0 Å². The Kier molecular flexibility index (Phi) is 5.41. The van der Waals surface area contributed by atoms with Crippen LogP contribution in [0.4, 0.5) is 5.69 Å². The maximum absolute atomic E-state index is 13.0. The molecular formula is C24H22N2O2S. The number of rotatable bonds is 5. The number of para-hydroxylation sites is 1. The van der Waals surface area contributed by atoms with Gasteiger partial charge in [-0.05, 0) is 30.2 Å². The van der Waals surface area contributed by atoms with Crippen molar-refractivity contribution >= 4 is 29.3 Å². The van der Waals surface area contributed by atoms with Crippen molar-refractivity contribution in [1.82, 2.24) is 5.32 Å². The maximum atomic E-state index is 13.0. The lowest BCUT2D eigenvalue weighted by Crippen LogP contribution is -2.46. The first-order valence-electron chi connectivity index (χ1n) is 9.55. The van der Waals surface area contributed by atoms with Crippen LogP contribution in [0.5, 0.6) is 0 Å². The number of carbonyl (C=O) groups excluding carboxylic acids is 2. The van der Waals surface area contributed by atoms with Gasteiger partial charge in [0.1, 0.15) is 0 Å². The van der Waals surface area contributed by atoms with Crippen LogP contribution in [0.2, 0.25) is 0 Å². The lowest BCUT2D eigenvalue weighted by atomic mass is 9.84. The average Bonchev–Trinajstić information content (AvgIpc) is 2.75. The normalized spacial score (nSPS) is 15.9. The number of nitrogens with one attached hydrogen (secondary N) is 2. The van der Waals surface area contributed by atoms with E-state index in [1.807, 2.05) is 91.9 Å². The van der Waals surface area contributed by atoms with Crippen LogP contribution >= 0.6 is 11.8 Å². The molecule has 2 amide bonds. The van der Waals surface area contributed by atoms with E-state index >= 15 is 0 Å². The summed E-state index contributed by atoms with van der Waals surface area (Å²) >= 11 is 1.44. The van der Waals surface area contributed by atoms with Gasteiger partial charge in [-0.2, -0.15) is 0 Å². The number of fused-ring (bicyclic) bond motifs is 1. The Balaban J connectivity index is 1.56. The number of anilines is 1. The summed E-state index contributed by atoms with van der Waals surface area (Å²) in [6.45, 7) is 2.00. The molecule has 0 aromatic heterocycles. The number of benzene rings is 3. The summed E-state index contributed by atoms with van der Waals surface area (Å²) in [6.07, 6.45) is 0.111. The molecular weight excluding hydrogens is 380 g/mol. The van der Waals surface area contributed by atoms with E-state index in [4.69, 9.17) is 0 Å². The molecule has 4 rings (SSSR count). The van der Waals surface area contributed by atoms with E-state index in [2.05, 4.69) is 10.6 Å². The van der Waals surface area contributed by atoms with E-state index in [1.165, 1.54) is 11.8 Å². The van der Waals surface area contributed by atoms with Crippen molar-refractivity contribution in [1.29, 1.82) is 0 Å². The van der Waals surface area contributed by atoms with Crippen molar-refractivity contribution in [3.63, 3.8) is 0 Å². The minimum atomic E-state index is -0.687. The first kappa shape index (κ1) is 19.3. The van der Waals surface area contributed by atoms with Gasteiger partial charge in [-0.15, -0.1) is 11.8 Å². The van der Waals surface area contributed by atoms with Crippen LogP contribution in [-0.2, 0) is 15.1 Å². The third kappa shape index (κ3) is 4.05. The average molecular weight is 403 g/mol. The van der Waals surface area contributed by atoms with Crippen LogP contribution in [0, 0.1) is 0 Å². The molecule has 146 valence electrons. The van der Waals surface area contributed by atoms with Crippen LogP contribution in [-0.4, -0.2) is 17.1 Å². The Morgan fingerprint density at radius 3 is 2.10 bits per heavy atom. The monoisotopic (exact) mass is 402 g/mol. The molecule has 0 bridgehead atoms. The lowest BCUT2D eigenvalue weighted by molar-refractivity contribution is -0.125. The van der Waals surface area contributed by atoms with Gasteiger partial charge in [0.2, 0.25) is 11.8 Å². The molecule has 0 aliphatic carbocycles. The Labute approximate surface area is 174 Å². The van der Waals surface area contributed by atoms with Crippen LogP contribution in [0.1, 0.15) is 24.5 Å². The molecule has 29 heavy (non-hydrogen) atoms. The third-order valence-electron chi connectivity index (χ3n) is 5.17. The molecule has 0 spiro atoms. The fraction of sp³-hybridized carbons (Fsp3) is 0.167. The smallest absolute Gasteiger partial charge is 0.238 e. The first-order chi connectivity index (χ1) is 14.1. The van der Waals surface area contributed by atoms with Crippen molar-refractivity contribution in [2.24, 2.45) is 0 Å². The van der Waals surface area contributed by atoms with Gasteiger partial charge in [-0.3, -0.25) is 9.59 Å². The SMILES string of the molecule is CC(NC(=O)CC1Sc2ccccc2NC1=O)(c1ccccc1)c1ccccc1. The molecule has 1 unspecified atom stereocenters. The molecule has 5 heteroatoms. The second kappa shape index (κ2) is 8.13. The largest absolute Gasteiger partial charge is 0.343 e. The Hall–Kier alpha value is -3.05. The van der Waals surface area contributed by atoms with Gasteiger partial charge in [-0.1, -0.05) is 72.8 Å². The molecule has 1 aliphatic heterocycles. The number of hydrogen-bond donors (Lipinski definition) is 2. The van der Waals surface area contributed by atoms with E-state index < -0.39 is 10.8 Å². The fourth-order valence-electron chi connectivity index (χ4n) is 3.58. The first-order valence-corrected chi connectivity index (χ1v) is 10.4. The van der Waals surface area contributed by atoms with Gasteiger partial charge in [-0.25, -0.2) is 0 Å². The highest BCUT2D eigenvalue weighted by Crippen LogP contribution is 2.37. The van der Waals surface area contributed by atoms with Crippen LogP contribution in [0.25, 0.3) is 0 Å². The Bertz CT molecular complexity index is 982. The van der Waals surface area contributed by atoms with Crippen molar-refractivity contribution in [2.45, 2.75) is 29.0 Å². The summed E-state index contributed by atoms with van der Waals surface area (Å²) in [5.74, 6) is -0.294. The lowest BCUT2D eigenvalue weighted by Gasteiger charge is -2.33. The van der Waals surface area contributed by atoms with Gasteiger partial charge in [0.05, 0.1) is 16.5 Å². The minimum Gasteiger partial charge on any atom is -0.343 e. The molecule has 3 aromatic carbocycles. The van der Waals surface area contributed by atoms with E-state index in [9.17, 15) is 9.59 Å². The highest BCUT2D eigenvalue weighted by molar-refractivity contribution is 8.01. The predicted octanol–water partition coefficient (Wildman–Crippen LogP) is 4.57. The van der Waals surface area contributed by atoms with Crippen LogP contribution in [0.3, 0.4) is 0 Å². The summed E-state index contributed by atoms with van der Waals surface area (Å²) in [4.78, 5) is 26.5. The third-order valence-corrected chi connectivity index (χ3v) is 6.44. The molecule has 4 nitrogen and oxygen atoms in total. The standard InChI is InChI=1S/C24H22N2O2S/c1-24(17-10-4-2-5-11-17,18-12-6-3-7-13-18)26-22(27)16-21-23(28)25-19-14-8-9-15-20(19)29-21/h2-15,21H,16H2,1H3,(H,25,28)(H,26,27). The number of amides is 2. The molecule has 0 saturated carbocycles. The molecule has 1 aliphatic rings. The number of hydrogen-bond acceptors (Lipinski definition) is 3. The zero-order chi connectivity index (χ0) is 20.3. The molecule has 0 radical (unpaired) electrons. The Morgan fingerprint density at radius 1 is 0.931 bits per heavy atom. The van der Waals surface area contributed by atoms with Gasteiger partial charge in [0.25, 0.3) is 0 Å². The van der Waals surface area contributed by atoms with Crippen LogP contribution in [0.15, 0.2) is 89.8 Å². The minimum absolute atomic E-state index is 0.111. The molecule has 2 N–H and O–H groups in total. The summed E-state index contributed by atoms with van der Waals surface area (Å²) in [5, 5.41) is 5.63. The summed E-state index contributed by atoms with van der Waals surface area (Å²) in [5.41, 5.74) is 2.10. The highest BCUT2D eigenvalue weighted by Gasteiger charge is 2.34. The summed E-state index contributed by atoms with van der Waals surface area (Å²) in [7, 11) is 0. The topological polar surface area (TPSA) is 58.2 Å². The Morgan fingerprint density at radius 2 is 1.48 bits per heavy atom. The van der Waals surface area contributed by atoms with Crippen molar-refractivity contribution in [2.75, 3.05) is 5.32 Å². The van der Waals surface area contributed by atoms with Crippen molar-refractivity contribution in [3.05, 3.63) is 96.1 Å². The fourth-order valence-corrected chi connectivity index (χ4v) is 4.69. The van der Waals surface area contributed by atoms with Gasteiger partial charge >= 0.3 is 0 Å². The van der Waals surface area contributed by atoms with Gasteiger partial charge in [0.15, 0.2) is 0 Å². The number of thioether (sulfide) groups is 1. The second-order valence-electron chi connectivity index (χ2n) is 7.20. The highest BCUT2D eigenvalue weighted by atomic mass is 32.2. The maximum Gasteiger partial charge on any atom is 0.238 e. The van der Waals surface area contributed by atoms with Crippen molar-refractivity contribution < 1.29 is 9.59 Å². The van der Waals surface area contributed by atoms with E-state index in [-0.39, 0.29) is 18.2 Å². The predicted molar refractivity (Wildman–Crippen MR) is 117 cm³/mol. The zero-order valence-corrected chi connectivity index (χ0v) is 16.9. The van der Waals surface area contributed by atoms with Gasteiger partial charge in [0, 0.05) is 11.3 Å². The molecule has 3 aromatic rings. The molecule has 0 fully saturated rings. The van der Waals surface area contributed by atoms with Gasteiger partial charge < -0.3 is 10.6 Å². The zero-order valence-electron chi connectivity index (χ0n) is 16.1. The quantitative estimate of drug-likeness (QED) is 0.657. The van der Waals surface area contributed by atoms with Crippen LogP contribution < -0.4 is 10.6 Å². The summed E-state index contributed by atoms with van der Waals surface area (Å²) in [6, 6.07) is 27.4. The van der Waals surface area contributed by atoms with E-state index in [0.717, 1.165) is 21.7 Å². The second-order valence-corrected chi connectivity index (χ2v) is 8.45. The molecule has 1 heterocycles. The van der Waals surface area contributed by atoms with Crippen molar-refractivity contribution in [3.8, 4) is 0 Å².